The topological polar surface area (TPSA) is 89.6 Å². The van der Waals surface area contributed by atoms with Gasteiger partial charge in [0.25, 0.3) is 5.56 Å². The van der Waals surface area contributed by atoms with Crippen LogP contribution in [0.2, 0.25) is 0 Å². The number of H-pyrrole nitrogens is 1. The van der Waals surface area contributed by atoms with E-state index in [0.29, 0.717) is 17.1 Å². The Balaban J connectivity index is 2.02. The quantitative estimate of drug-likeness (QED) is 0.806. The standard InChI is InChI=1S/C11H15N5O/c12-11-14-9-8(10(17)15-11)13-6-16(9)5-7-3-1-2-4-7/h6-7H,1-5H2,(H3,12,14,15,17). The summed E-state index contributed by atoms with van der Waals surface area (Å²) in [6.07, 6.45) is 6.78. The molecule has 90 valence electrons. The Morgan fingerprint density at radius 3 is 3.00 bits per heavy atom. The van der Waals surface area contributed by atoms with Crippen LogP contribution in [-0.2, 0) is 6.54 Å². The molecule has 1 saturated carbocycles. The van der Waals surface area contributed by atoms with Gasteiger partial charge in [0.1, 0.15) is 0 Å². The number of hydrogen-bond donors (Lipinski definition) is 2. The van der Waals surface area contributed by atoms with Gasteiger partial charge in [-0.05, 0) is 18.8 Å². The Labute approximate surface area is 97.9 Å². The van der Waals surface area contributed by atoms with E-state index in [2.05, 4.69) is 15.0 Å². The molecule has 1 aliphatic rings. The van der Waals surface area contributed by atoms with Gasteiger partial charge in [-0.25, -0.2) is 4.98 Å². The molecule has 0 saturated heterocycles. The van der Waals surface area contributed by atoms with Crippen LogP contribution in [0, 0.1) is 5.92 Å². The van der Waals surface area contributed by atoms with Gasteiger partial charge in [-0.15, -0.1) is 0 Å². The second kappa shape index (κ2) is 3.87. The minimum atomic E-state index is -0.266. The Kier molecular flexibility index (Phi) is 2.35. The van der Waals surface area contributed by atoms with Crippen LogP contribution in [-0.4, -0.2) is 19.5 Å². The summed E-state index contributed by atoms with van der Waals surface area (Å²) in [5.41, 5.74) is 6.26. The van der Waals surface area contributed by atoms with Crippen LogP contribution < -0.4 is 11.3 Å². The monoisotopic (exact) mass is 233 g/mol. The Morgan fingerprint density at radius 1 is 1.47 bits per heavy atom. The molecule has 17 heavy (non-hydrogen) atoms. The minimum Gasteiger partial charge on any atom is -0.369 e. The van der Waals surface area contributed by atoms with Crippen molar-refractivity contribution in [3.05, 3.63) is 16.7 Å². The van der Waals surface area contributed by atoms with E-state index < -0.39 is 0 Å². The number of hydrogen-bond acceptors (Lipinski definition) is 4. The SMILES string of the molecule is Nc1nc2c(ncn2CC2CCCC2)c(=O)[nH]1. The predicted molar refractivity (Wildman–Crippen MR) is 64.5 cm³/mol. The number of nitrogens with two attached hydrogens (primary N) is 1. The van der Waals surface area contributed by atoms with Crippen LogP contribution in [0.5, 0.6) is 0 Å². The zero-order chi connectivity index (χ0) is 11.8. The first-order valence-corrected chi connectivity index (χ1v) is 5.94. The molecule has 0 aromatic carbocycles. The summed E-state index contributed by atoms with van der Waals surface area (Å²) in [6.45, 7) is 0.881. The lowest BCUT2D eigenvalue weighted by Crippen LogP contribution is -2.13. The second-order valence-electron chi connectivity index (χ2n) is 4.67. The maximum absolute atomic E-state index is 11.6. The first kappa shape index (κ1) is 10.3. The van der Waals surface area contributed by atoms with E-state index in [-0.39, 0.29) is 11.5 Å². The third-order valence-electron chi connectivity index (χ3n) is 3.42. The van der Waals surface area contributed by atoms with Crippen LogP contribution >= 0.6 is 0 Å². The van der Waals surface area contributed by atoms with E-state index in [9.17, 15) is 4.79 Å². The molecule has 1 aliphatic carbocycles. The van der Waals surface area contributed by atoms with E-state index >= 15 is 0 Å². The van der Waals surface area contributed by atoms with Gasteiger partial charge in [-0.2, -0.15) is 4.98 Å². The summed E-state index contributed by atoms with van der Waals surface area (Å²) in [4.78, 5) is 22.3. The molecular weight excluding hydrogens is 218 g/mol. The molecule has 6 nitrogen and oxygen atoms in total. The largest absolute Gasteiger partial charge is 0.369 e. The number of rotatable bonds is 2. The van der Waals surface area contributed by atoms with Gasteiger partial charge in [0.2, 0.25) is 5.95 Å². The molecular formula is C11H15N5O. The second-order valence-corrected chi connectivity index (χ2v) is 4.67. The lowest BCUT2D eigenvalue weighted by molar-refractivity contribution is 0.463. The maximum atomic E-state index is 11.6. The molecule has 0 radical (unpaired) electrons. The highest BCUT2D eigenvalue weighted by Gasteiger charge is 2.17. The molecule has 3 N–H and O–H groups in total. The zero-order valence-corrected chi connectivity index (χ0v) is 9.52. The summed E-state index contributed by atoms with van der Waals surface area (Å²) < 4.78 is 1.94. The van der Waals surface area contributed by atoms with Crippen LogP contribution in [0.25, 0.3) is 11.2 Å². The highest BCUT2D eigenvalue weighted by molar-refractivity contribution is 5.70. The minimum absolute atomic E-state index is 0.149. The van der Waals surface area contributed by atoms with Crippen LogP contribution in [0.3, 0.4) is 0 Å². The van der Waals surface area contributed by atoms with Crippen LogP contribution in [0.1, 0.15) is 25.7 Å². The van der Waals surface area contributed by atoms with Gasteiger partial charge in [0.15, 0.2) is 11.2 Å². The summed E-state index contributed by atoms with van der Waals surface area (Å²) in [5, 5.41) is 0. The van der Waals surface area contributed by atoms with Crippen LogP contribution in [0.15, 0.2) is 11.1 Å². The van der Waals surface area contributed by atoms with E-state index in [0.717, 1.165) is 6.54 Å². The smallest absolute Gasteiger partial charge is 0.280 e. The summed E-state index contributed by atoms with van der Waals surface area (Å²) >= 11 is 0. The average molecular weight is 233 g/mol. The van der Waals surface area contributed by atoms with Gasteiger partial charge in [0.05, 0.1) is 6.33 Å². The molecule has 0 amide bonds. The zero-order valence-electron chi connectivity index (χ0n) is 9.52. The number of aromatic nitrogens is 4. The third-order valence-corrected chi connectivity index (χ3v) is 3.42. The highest BCUT2D eigenvalue weighted by atomic mass is 16.1. The number of aromatic amines is 1. The fourth-order valence-corrected chi connectivity index (χ4v) is 2.58. The molecule has 1 fully saturated rings. The molecule has 2 aromatic rings. The van der Waals surface area contributed by atoms with Crippen LogP contribution in [0.4, 0.5) is 5.95 Å². The van der Waals surface area contributed by atoms with Gasteiger partial charge in [-0.3, -0.25) is 9.78 Å². The Bertz CT molecular complexity index is 593. The van der Waals surface area contributed by atoms with Crippen molar-refractivity contribution >= 4 is 17.1 Å². The van der Waals surface area contributed by atoms with Gasteiger partial charge in [0, 0.05) is 6.54 Å². The van der Waals surface area contributed by atoms with Crippen molar-refractivity contribution in [2.45, 2.75) is 32.2 Å². The van der Waals surface area contributed by atoms with Gasteiger partial charge in [-0.1, -0.05) is 12.8 Å². The Hall–Kier alpha value is -1.85. The normalized spacial score (nSPS) is 16.9. The number of nitrogens with one attached hydrogen (secondary N) is 1. The van der Waals surface area contributed by atoms with Crippen molar-refractivity contribution in [1.82, 2.24) is 19.5 Å². The van der Waals surface area contributed by atoms with E-state index in [1.165, 1.54) is 25.7 Å². The van der Waals surface area contributed by atoms with Crippen molar-refractivity contribution < 1.29 is 0 Å². The fourth-order valence-electron chi connectivity index (χ4n) is 2.58. The molecule has 6 heteroatoms. The number of nitrogens with zero attached hydrogens (tertiary/aromatic N) is 3. The number of imidazole rings is 1. The van der Waals surface area contributed by atoms with Gasteiger partial charge >= 0.3 is 0 Å². The Morgan fingerprint density at radius 2 is 2.24 bits per heavy atom. The van der Waals surface area contributed by atoms with Crippen molar-refractivity contribution in [1.29, 1.82) is 0 Å². The van der Waals surface area contributed by atoms with Crippen molar-refractivity contribution in [3.8, 4) is 0 Å². The summed E-state index contributed by atoms with van der Waals surface area (Å²) in [5.74, 6) is 0.824. The molecule has 2 aromatic heterocycles. The molecule has 0 aliphatic heterocycles. The number of nitrogen functional groups attached to an aromatic ring is 1. The van der Waals surface area contributed by atoms with E-state index in [1.807, 2.05) is 4.57 Å². The van der Waals surface area contributed by atoms with Crippen molar-refractivity contribution in [3.63, 3.8) is 0 Å². The highest BCUT2D eigenvalue weighted by Crippen LogP contribution is 2.26. The maximum Gasteiger partial charge on any atom is 0.280 e. The molecule has 3 rings (SSSR count). The fraction of sp³-hybridized carbons (Fsp3) is 0.545. The van der Waals surface area contributed by atoms with Gasteiger partial charge < -0.3 is 10.3 Å². The summed E-state index contributed by atoms with van der Waals surface area (Å²) in [6, 6.07) is 0. The summed E-state index contributed by atoms with van der Waals surface area (Å²) in [7, 11) is 0. The lowest BCUT2D eigenvalue weighted by Gasteiger charge is -2.09. The molecule has 2 heterocycles. The molecule has 0 bridgehead atoms. The first-order chi connectivity index (χ1) is 8.24. The van der Waals surface area contributed by atoms with E-state index in [1.54, 1.807) is 6.33 Å². The van der Waals surface area contributed by atoms with Crippen molar-refractivity contribution in [2.75, 3.05) is 5.73 Å². The number of fused-ring (bicyclic) bond motifs is 1. The van der Waals surface area contributed by atoms with E-state index in [4.69, 9.17) is 5.73 Å². The molecule has 0 atom stereocenters. The first-order valence-electron chi connectivity index (χ1n) is 5.94. The molecule has 0 unspecified atom stereocenters. The van der Waals surface area contributed by atoms with Crippen molar-refractivity contribution in [2.24, 2.45) is 5.92 Å². The average Bonchev–Trinajstić information content (AvgIpc) is 2.89. The molecule has 0 spiro atoms. The third kappa shape index (κ3) is 1.79. The number of anilines is 1. The lowest BCUT2D eigenvalue weighted by atomic mass is 10.1. The predicted octanol–water partition coefficient (Wildman–Crippen LogP) is 0.892.